The summed E-state index contributed by atoms with van der Waals surface area (Å²) in [6, 6.07) is 9.25. The minimum Gasteiger partial charge on any atom is -0.324 e. The van der Waals surface area contributed by atoms with E-state index in [4.69, 9.17) is 11.6 Å². The fourth-order valence-electron chi connectivity index (χ4n) is 3.42. The van der Waals surface area contributed by atoms with Gasteiger partial charge in [-0.15, -0.1) is 11.3 Å². The summed E-state index contributed by atoms with van der Waals surface area (Å²) >= 11 is 7.16. The van der Waals surface area contributed by atoms with E-state index in [0.29, 0.717) is 37.2 Å². The molecule has 0 aliphatic rings. The molecule has 10 heteroatoms. The first-order valence-corrected chi connectivity index (χ1v) is 11.5. The predicted molar refractivity (Wildman–Crippen MR) is 133 cm³/mol. The number of hydrogen-bond donors (Lipinski definition) is 2. The summed E-state index contributed by atoms with van der Waals surface area (Å²) in [6.45, 7) is 4.99. The van der Waals surface area contributed by atoms with E-state index in [9.17, 15) is 18.8 Å². The van der Waals surface area contributed by atoms with Crippen molar-refractivity contribution < 1.29 is 14.0 Å². The SMILES string of the molecule is Cc1ccc(NC(=O)Cn2cnc3sc(C(=O)Nc4cc(F)ccc4C)c(C)c3c2=O)cc1Cl. The highest BCUT2D eigenvalue weighted by atomic mass is 35.5. The van der Waals surface area contributed by atoms with Gasteiger partial charge in [-0.05, 0) is 61.7 Å². The Labute approximate surface area is 203 Å². The number of thiophene rings is 1. The first kappa shape index (κ1) is 23.6. The third kappa shape index (κ3) is 4.71. The number of rotatable bonds is 5. The van der Waals surface area contributed by atoms with Gasteiger partial charge in [0.15, 0.2) is 0 Å². The summed E-state index contributed by atoms with van der Waals surface area (Å²) in [5.74, 6) is -1.35. The molecule has 0 bridgehead atoms. The number of aryl methyl sites for hydroxylation is 3. The molecule has 0 spiro atoms. The smallest absolute Gasteiger partial charge is 0.266 e. The van der Waals surface area contributed by atoms with Gasteiger partial charge in [-0.3, -0.25) is 19.0 Å². The average Bonchev–Trinajstić information content (AvgIpc) is 3.12. The maximum absolute atomic E-state index is 13.6. The van der Waals surface area contributed by atoms with Crippen molar-refractivity contribution in [3.05, 3.63) is 85.5 Å². The lowest BCUT2D eigenvalue weighted by molar-refractivity contribution is -0.116. The number of aromatic nitrogens is 2. The quantitative estimate of drug-likeness (QED) is 0.402. The van der Waals surface area contributed by atoms with Gasteiger partial charge in [0.05, 0.1) is 16.6 Å². The van der Waals surface area contributed by atoms with E-state index in [-0.39, 0.29) is 11.9 Å². The Kier molecular flexibility index (Phi) is 6.49. The van der Waals surface area contributed by atoms with Crippen LogP contribution in [-0.4, -0.2) is 21.4 Å². The summed E-state index contributed by atoms with van der Waals surface area (Å²) in [4.78, 5) is 43.4. The topological polar surface area (TPSA) is 93.1 Å². The molecule has 0 fully saturated rings. The first-order chi connectivity index (χ1) is 16.1. The van der Waals surface area contributed by atoms with Gasteiger partial charge in [0.25, 0.3) is 11.5 Å². The van der Waals surface area contributed by atoms with Gasteiger partial charge in [-0.25, -0.2) is 9.37 Å². The van der Waals surface area contributed by atoms with E-state index in [0.717, 1.165) is 16.9 Å². The van der Waals surface area contributed by atoms with Crippen molar-refractivity contribution in [3.63, 3.8) is 0 Å². The molecule has 2 amide bonds. The molecule has 2 heterocycles. The Hall–Kier alpha value is -3.56. The molecule has 2 aromatic heterocycles. The molecule has 7 nitrogen and oxygen atoms in total. The van der Waals surface area contributed by atoms with Crippen molar-refractivity contribution in [2.24, 2.45) is 0 Å². The molecular weight excluding hydrogens is 479 g/mol. The number of fused-ring (bicyclic) bond motifs is 1. The van der Waals surface area contributed by atoms with Crippen LogP contribution in [0.3, 0.4) is 0 Å². The summed E-state index contributed by atoms with van der Waals surface area (Å²) < 4.78 is 14.8. The van der Waals surface area contributed by atoms with E-state index in [2.05, 4.69) is 15.6 Å². The molecule has 0 saturated heterocycles. The highest BCUT2D eigenvalue weighted by molar-refractivity contribution is 7.20. The van der Waals surface area contributed by atoms with Crippen LogP contribution in [0, 0.1) is 26.6 Å². The lowest BCUT2D eigenvalue weighted by Crippen LogP contribution is -2.28. The Balaban J connectivity index is 1.58. The molecule has 0 atom stereocenters. The van der Waals surface area contributed by atoms with Crippen LogP contribution in [0.4, 0.5) is 15.8 Å². The Bertz CT molecular complexity index is 1510. The second-order valence-electron chi connectivity index (χ2n) is 7.84. The summed E-state index contributed by atoms with van der Waals surface area (Å²) in [5, 5.41) is 6.18. The first-order valence-electron chi connectivity index (χ1n) is 10.3. The maximum atomic E-state index is 13.6. The number of nitrogens with one attached hydrogen (secondary N) is 2. The third-order valence-corrected chi connectivity index (χ3v) is 6.95. The molecule has 174 valence electrons. The van der Waals surface area contributed by atoms with Crippen molar-refractivity contribution >= 4 is 56.3 Å². The Morgan fingerprint density at radius 2 is 1.82 bits per heavy atom. The van der Waals surface area contributed by atoms with Gasteiger partial charge in [0.1, 0.15) is 17.2 Å². The lowest BCUT2D eigenvalue weighted by Gasteiger charge is -2.09. The van der Waals surface area contributed by atoms with Crippen LogP contribution in [0.1, 0.15) is 26.4 Å². The van der Waals surface area contributed by atoms with Crippen LogP contribution in [-0.2, 0) is 11.3 Å². The largest absolute Gasteiger partial charge is 0.324 e. The van der Waals surface area contributed by atoms with Gasteiger partial charge in [0, 0.05) is 16.4 Å². The van der Waals surface area contributed by atoms with E-state index >= 15 is 0 Å². The molecule has 4 aromatic rings. The zero-order valence-corrected chi connectivity index (χ0v) is 20.1. The number of anilines is 2. The van der Waals surface area contributed by atoms with Gasteiger partial charge in [-0.1, -0.05) is 23.7 Å². The number of amides is 2. The molecule has 4 rings (SSSR count). The minimum absolute atomic E-state index is 0.257. The zero-order chi connectivity index (χ0) is 24.6. The van der Waals surface area contributed by atoms with E-state index in [1.807, 2.05) is 6.92 Å². The van der Waals surface area contributed by atoms with E-state index in [1.165, 1.54) is 23.0 Å². The van der Waals surface area contributed by atoms with Gasteiger partial charge in [0.2, 0.25) is 5.91 Å². The van der Waals surface area contributed by atoms with Crippen LogP contribution in [0.5, 0.6) is 0 Å². The maximum Gasteiger partial charge on any atom is 0.266 e. The number of benzene rings is 2. The molecule has 0 aliphatic heterocycles. The highest BCUT2D eigenvalue weighted by Crippen LogP contribution is 2.28. The number of carbonyl (C=O) groups excluding carboxylic acids is 2. The Morgan fingerprint density at radius 1 is 1.09 bits per heavy atom. The molecule has 0 saturated carbocycles. The van der Waals surface area contributed by atoms with Crippen molar-refractivity contribution in [3.8, 4) is 0 Å². The van der Waals surface area contributed by atoms with Crippen LogP contribution in [0.2, 0.25) is 5.02 Å². The number of hydrogen-bond acceptors (Lipinski definition) is 5. The monoisotopic (exact) mass is 498 g/mol. The normalized spacial score (nSPS) is 11.0. The molecular formula is C24H20ClFN4O3S. The zero-order valence-electron chi connectivity index (χ0n) is 18.5. The lowest BCUT2D eigenvalue weighted by atomic mass is 10.1. The molecule has 0 radical (unpaired) electrons. The molecule has 0 aliphatic carbocycles. The number of halogens is 2. The fourth-order valence-corrected chi connectivity index (χ4v) is 4.64. The van der Waals surface area contributed by atoms with Crippen molar-refractivity contribution in [2.75, 3.05) is 10.6 Å². The molecule has 2 aromatic carbocycles. The van der Waals surface area contributed by atoms with Crippen LogP contribution in [0.15, 0.2) is 47.5 Å². The van der Waals surface area contributed by atoms with Crippen LogP contribution >= 0.6 is 22.9 Å². The van der Waals surface area contributed by atoms with Crippen LogP contribution in [0.25, 0.3) is 10.2 Å². The highest BCUT2D eigenvalue weighted by Gasteiger charge is 2.21. The summed E-state index contributed by atoms with van der Waals surface area (Å²) in [7, 11) is 0. The second-order valence-corrected chi connectivity index (χ2v) is 9.25. The van der Waals surface area contributed by atoms with Crippen LogP contribution < -0.4 is 16.2 Å². The predicted octanol–water partition coefficient (Wildman–Crippen LogP) is 5.07. The molecule has 2 N–H and O–H groups in total. The average molecular weight is 499 g/mol. The second kappa shape index (κ2) is 9.36. The van der Waals surface area contributed by atoms with Crippen molar-refractivity contribution in [2.45, 2.75) is 27.3 Å². The third-order valence-electron chi connectivity index (χ3n) is 5.34. The Morgan fingerprint density at radius 3 is 2.56 bits per heavy atom. The molecule has 34 heavy (non-hydrogen) atoms. The van der Waals surface area contributed by atoms with Crippen molar-refractivity contribution in [1.82, 2.24) is 9.55 Å². The van der Waals surface area contributed by atoms with Crippen molar-refractivity contribution in [1.29, 1.82) is 0 Å². The summed E-state index contributed by atoms with van der Waals surface area (Å²) in [5.41, 5.74) is 2.46. The number of nitrogens with zero attached hydrogens (tertiary/aromatic N) is 2. The molecule has 0 unspecified atom stereocenters. The van der Waals surface area contributed by atoms with Gasteiger partial charge in [-0.2, -0.15) is 0 Å². The fraction of sp³-hybridized carbons (Fsp3) is 0.167. The standard InChI is InChI=1S/C24H20ClFN4O3S/c1-12-5-7-16(9-17(12)25)28-19(31)10-30-11-27-23-20(24(30)33)14(3)21(34-23)22(32)29-18-8-15(26)6-4-13(18)2/h4-9,11H,10H2,1-3H3,(H,28,31)(H,29,32). The summed E-state index contributed by atoms with van der Waals surface area (Å²) in [6.07, 6.45) is 1.28. The number of carbonyl (C=O) groups is 2. The van der Waals surface area contributed by atoms with Gasteiger partial charge < -0.3 is 10.6 Å². The minimum atomic E-state index is -0.468. The van der Waals surface area contributed by atoms with Gasteiger partial charge >= 0.3 is 0 Å². The van der Waals surface area contributed by atoms with E-state index < -0.39 is 23.2 Å². The van der Waals surface area contributed by atoms with E-state index in [1.54, 1.807) is 38.1 Å².